The molecular weight excluding hydrogens is 448 g/mol. The number of nitrogens with zero attached hydrogens (tertiary/aromatic N) is 1. The number of pyridine rings is 1. The molecule has 0 spiro atoms. The number of hydrogen-bond acceptors (Lipinski definition) is 5. The van der Waals surface area contributed by atoms with Gasteiger partial charge in [-0.2, -0.15) is 4.39 Å². The van der Waals surface area contributed by atoms with Crippen LogP contribution in [0, 0.1) is 11.6 Å². The molecule has 29 heavy (non-hydrogen) atoms. The van der Waals surface area contributed by atoms with E-state index in [1.165, 1.54) is 16.7 Å². The van der Waals surface area contributed by atoms with E-state index in [9.17, 15) is 9.18 Å². The molecule has 2 N–H and O–H groups in total. The van der Waals surface area contributed by atoms with Gasteiger partial charge in [-0.3, -0.25) is 4.79 Å². The molecule has 0 radical (unpaired) electrons. The van der Waals surface area contributed by atoms with Crippen LogP contribution >= 0.6 is 15.9 Å². The smallest absolute Gasteiger partial charge is 0.289 e. The lowest BCUT2D eigenvalue weighted by Crippen LogP contribution is -2.29. The normalized spacial score (nSPS) is 20.0. The first-order valence-electron chi connectivity index (χ1n) is 9.48. The molecule has 3 heterocycles. The minimum Gasteiger partial charge on any atom is -0.379 e. The van der Waals surface area contributed by atoms with Gasteiger partial charge in [0.2, 0.25) is 5.82 Å². The van der Waals surface area contributed by atoms with Crippen molar-refractivity contribution in [3.8, 4) is 0 Å². The summed E-state index contributed by atoms with van der Waals surface area (Å²) in [6.07, 6.45) is 1.15. The summed E-state index contributed by atoms with van der Waals surface area (Å²) in [6, 6.07) is 4.41. The van der Waals surface area contributed by atoms with Crippen molar-refractivity contribution in [1.29, 1.82) is 0 Å². The third-order valence-electron chi connectivity index (χ3n) is 5.08. The topological polar surface area (TPSA) is 64.5 Å². The van der Waals surface area contributed by atoms with Gasteiger partial charge in [-0.15, -0.1) is 0 Å². The van der Waals surface area contributed by atoms with Gasteiger partial charge in [-0.25, -0.2) is 4.39 Å². The fourth-order valence-electron chi connectivity index (χ4n) is 3.75. The maximum absolute atomic E-state index is 15.0. The summed E-state index contributed by atoms with van der Waals surface area (Å²) in [5.41, 5.74) is 0.483. The summed E-state index contributed by atoms with van der Waals surface area (Å²) in [4.78, 5) is 12.5. The average Bonchev–Trinajstić information content (AvgIpc) is 3.27. The van der Waals surface area contributed by atoms with Crippen LogP contribution in [0.1, 0.15) is 26.0 Å². The number of ether oxygens (including phenoxy) is 2. The van der Waals surface area contributed by atoms with E-state index in [0.29, 0.717) is 42.0 Å². The predicted octanol–water partition coefficient (Wildman–Crippen LogP) is 4.14. The first kappa shape index (κ1) is 20.3. The van der Waals surface area contributed by atoms with Crippen LogP contribution in [0.4, 0.5) is 25.8 Å². The zero-order chi connectivity index (χ0) is 20.8. The molecule has 2 aliphatic rings. The minimum absolute atomic E-state index is 0.0532. The predicted molar refractivity (Wildman–Crippen MR) is 110 cm³/mol. The van der Waals surface area contributed by atoms with Crippen molar-refractivity contribution < 1.29 is 18.3 Å². The molecule has 0 amide bonds. The Kier molecular flexibility index (Phi) is 5.39. The van der Waals surface area contributed by atoms with E-state index < -0.39 is 23.0 Å². The highest BCUT2D eigenvalue weighted by Crippen LogP contribution is 2.35. The molecule has 4 rings (SSSR count). The number of rotatable bonds is 5. The van der Waals surface area contributed by atoms with Gasteiger partial charge in [0, 0.05) is 23.3 Å². The SMILES string of the molecule is CC1(C)OCC(CNc2c(Nc3ccc(Br)cc3F)c(F)c(=O)n3c2CCC3)O1. The monoisotopic (exact) mass is 469 g/mol. The number of benzene rings is 1. The van der Waals surface area contributed by atoms with Crippen molar-refractivity contribution in [3.05, 3.63) is 50.4 Å². The van der Waals surface area contributed by atoms with Gasteiger partial charge in [-0.05, 0) is 44.9 Å². The second kappa shape index (κ2) is 7.70. The van der Waals surface area contributed by atoms with Crippen LogP contribution in [-0.4, -0.2) is 29.6 Å². The quantitative estimate of drug-likeness (QED) is 0.688. The highest BCUT2D eigenvalue weighted by atomic mass is 79.9. The van der Waals surface area contributed by atoms with Gasteiger partial charge >= 0.3 is 0 Å². The molecule has 1 fully saturated rings. The molecule has 2 aliphatic heterocycles. The number of nitrogens with one attached hydrogen (secondary N) is 2. The van der Waals surface area contributed by atoms with Gasteiger partial charge in [0.1, 0.15) is 17.6 Å². The average molecular weight is 470 g/mol. The van der Waals surface area contributed by atoms with Crippen LogP contribution in [0.2, 0.25) is 0 Å². The molecule has 0 saturated carbocycles. The Hall–Kier alpha value is -1.97. The Morgan fingerprint density at radius 3 is 2.79 bits per heavy atom. The van der Waals surface area contributed by atoms with Gasteiger partial charge in [0.05, 0.1) is 18.0 Å². The second-order valence-electron chi connectivity index (χ2n) is 7.65. The van der Waals surface area contributed by atoms with Gasteiger partial charge in [-0.1, -0.05) is 15.9 Å². The van der Waals surface area contributed by atoms with Crippen molar-refractivity contribution >= 4 is 33.0 Å². The highest BCUT2D eigenvalue weighted by molar-refractivity contribution is 9.10. The van der Waals surface area contributed by atoms with Crippen LogP contribution in [0.15, 0.2) is 27.5 Å². The van der Waals surface area contributed by atoms with Crippen molar-refractivity contribution in [1.82, 2.24) is 4.57 Å². The maximum atomic E-state index is 15.0. The molecule has 2 aromatic rings. The van der Waals surface area contributed by atoms with E-state index in [4.69, 9.17) is 9.47 Å². The van der Waals surface area contributed by atoms with Crippen molar-refractivity contribution in [2.24, 2.45) is 0 Å². The maximum Gasteiger partial charge on any atom is 0.289 e. The first-order valence-corrected chi connectivity index (χ1v) is 10.3. The van der Waals surface area contributed by atoms with E-state index in [1.807, 2.05) is 13.8 Å². The van der Waals surface area contributed by atoms with Crippen molar-refractivity contribution in [3.63, 3.8) is 0 Å². The molecule has 0 aliphatic carbocycles. The van der Waals surface area contributed by atoms with E-state index in [2.05, 4.69) is 26.6 Å². The summed E-state index contributed by atoms with van der Waals surface area (Å²) in [5, 5.41) is 5.99. The number of aromatic nitrogens is 1. The third kappa shape index (κ3) is 4.04. The molecule has 1 aromatic heterocycles. The van der Waals surface area contributed by atoms with Crippen LogP contribution in [-0.2, 0) is 22.4 Å². The number of anilines is 3. The van der Waals surface area contributed by atoms with Crippen LogP contribution in [0.3, 0.4) is 0 Å². The summed E-state index contributed by atoms with van der Waals surface area (Å²) >= 11 is 3.20. The Balaban J connectivity index is 1.69. The lowest BCUT2D eigenvalue weighted by atomic mass is 10.1. The number of halogens is 3. The van der Waals surface area contributed by atoms with E-state index >= 15 is 4.39 Å². The molecule has 0 bridgehead atoms. The summed E-state index contributed by atoms with van der Waals surface area (Å²) in [6.45, 7) is 4.89. The molecule has 1 aromatic carbocycles. The Morgan fingerprint density at radius 1 is 1.31 bits per heavy atom. The second-order valence-corrected chi connectivity index (χ2v) is 8.57. The standard InChI is InChI=1S/C20H22BrF2N3O3/c1-20(2)28-10-12(29-20)9-24-17-15-4-3-7-26(15)19(27)16(23)18(17)25-14-6-5-11(21)8-13(14)22/h5-6,8,12,24-25H,3-4,7,9-10H2,1-2H3. The third-order valence-corrected chi connectivity index (χ3v) is 5.57. The summed E-state index contributed by atoms with van der Waals surface area (Å²) in [7, 11) is 0. The molecule has 6 nitrogen and oxygen atoms in total. The number of hydrogen-bond donors (Lipinski definition) is 2. The zero-order valence-electron chi connectivity index (χ0n) is 16.2. The molecule has 156 valence electrons. The molecule has 1 unspecified atom stereocenters. The van der Waals surface area contributed by atoms with Gasteiger partial charge < -0.3 is 24.7 Å². The molecule has 9 heteroatoms. The lowest BCUT2D eigenvalue weighted by Gasteiger charge is -2.21. The largest absolute Gasteiger partial charge is 0.379 e. The van der Waals surface area contributed by atoms with Crippen LogP contribution in [0.25, 0.3) is 0 Å². The van der Waals surface area contributed by atoms with E-state index in [-0.39, 0.29) is 17.5 Å². The molecular formula is C20H22BrF2N3O3. The van der Waals surface area contributed by atoms with E-state index in [1.54, 1.807) is 6.07 Å². The van der Waals surface area contributed by atoms with Crippen LogP contribution in [0.5, 0.6) is 0 Å². The minimum atomic E-state index is -0.940. The van der Waals surface area contributed by atoms with Crippen molar-refractivity contribution in [2.45, 2.75) is 45.1 Å². The summed E-state index contributed by atoms with van der Waals surface area (Å²) in [5.74, 6) is -2.17. The number of fused-ring (bicyclic) bond motifs is 1. The fourth-order valence-corrected chi connectivity index (χ4v) is 4.08. The lowest BCUT2D eigenvalue weighted by molar-refractivity contribution is -0.136. The summed E-state index contributed by atoms with van der Waals surface area (Å²) < 4.78 is 42.7. The highest BCUT2D eigenvalue weighted by Gasteiger charge is 2.33. The van der Waals surface area contributed by atoms with E-state index in [0.717, 1.165) is 6.42 Å². The van der Waals surface area contributed by atoms with Crippen LogP contribution < -0.4 is 16.2 Å². The van der Waals surface area contributed by atoms with Gasteiger partial charge in [0.25, 0.3) is 5.56 Å². The fraction of sp³-hybridized carbons (Fsp3) is 0.450. The Morgan fingerprint density at radius 2 is 2.10 bits per heavy atom. The molecule has 1 saturated heterocycles. The zero-order valence-corrected chi connectivity index (χ0v) is 17.7. The van der Waals surface area contributed by atoms with Gasteiger partial charge in [0.15, 0.2) is 5.79 Å². The Labute approximate surface area is 175 Å². The first-order chi connectivity index (χ1) is 13.7. The molecule has 1 atom stereocenters. The Bertz CT molecular complexity index is 1010. The van der Waals surface area contributed by atoms with Crippen molar-refractivity contribution in [2.75, 3.05) is 23.8 Å².